The smallest absolute Gasteiger partial charge is 0.184 e. The first-order valence-electron chi connectivity index (χ1n) is 15.8. The van der Waals surface area contributed by atoms with E-state index in [1.54, 1.807) is 39.7 Å². The van der Waals surface area contributed by atoms with E-state index >= 15 is 4.39 Å². The van der Waals surface area contributed by atoms with Crippen LogP contribution in [0.3, 0.4) is 0 Å². The SMILES string of the molecule is CO.F[C@@H]1[C@@H]2OC(c3ccccc3)OC[C@H]2OC[C@H]1n1cnc2cc(Cl)c(Cl)cc21.OC[C@H]1OC[C@@H](n2cnc3cc(Cl)c(Cl)cc32)[C@H](F)[C@@H]1O. The van der Waals surface area contributed by atoms with Crippen LogP contribution in [0.15, 0.2) is 67.3 Å². The molecule has 5 aromatic rings. The molecule has 17 heteroatoms. The number of aliphatic hydroxyl groups excluding tert-OH is 3. The molecule has 0 radical (unpaired) electrons. The molecule has 3 aliphatic heterocycles. The number of benzene rings is 3. The van der Waals surface area contributed by atoms with E-state index in [0.29, 0.717) is 42.2 Å². The molecule has 3 aliphatic rings. The lowest BCUT2D eigenvalue weighted by Crippen LogP contribution is -2.54. The van der Waals surface area contributed by atoms with Crippen molar-refractivity contribution in [1.29, 1.82) is 0 Å². The minimum atomic E-state index is -1.58. The Morgan fingerprint density at radius 3 is 1.84 bits per heavy atom. The number of alkyl halides is 2. The Labute approximate surface area is 311 Å². The monoisotopic (exact) mass is 788 g/mol. The quantitative estimate of drug-likeness (QED) is 0.192. The van der Waals surface area contributed by atoms with Crippen LogP contribution < -0.4 is 0 Å². The van der Waals surface area contributed by atoms with Crippen LogP contribution in [0.2, 0.25) is 20.1 Å². The third kappa shape index (κ3) is 7.71. The number of imidazole rings is 2. The zero-order chi connectivity index (χ0) is 36.4. The Morgan fingerprint density at radius 1 is 0.745 bits per heavy atom. The molecule has 5 heterocycles. The lowest BCUT2D eigenvalue weighted by atomic mass is 9.98. The van der Waals surface area contributed by atoms with E-state index in [4.69, 9.17) is 75.6 Å². The van der Waals surface area contributed by atoms with E-state index in [2.05, 4.69) is 9.97 Å². The van der Waals surface area contributed by atoms with Gasteiger partial charge in [0.25, 0.3) is 0 Å². The molecule has 0 spiro atoms. The summed E-state index contributed by atoms with van der Waals surface area (Å²) in [6.07, 6.45) is -3.93. The highest BCUT2D eigenvalue weighted by Gasteiger charge is 2.47. The molecular weight excluding hydrogens is 756 g/mol. The second-order valence-corrected chi connectivity index (χ2v) is 13.6. The zero-order valence-corrected chi connectivity index (χ0v) is 29.9. The first kappa shape index (κ1) is 38.1. The fourth-order valence-electron chi connectivity index (χ4n) is 6.34. The number of nitrogens with zero attached hydrogens (tertiary/aromatic N) is 4. The Bertz CT molecular complexity index is 1940. The normalized spacial score (nSPS) is 29.1. The van der Waals surface area contributed by atoms with E-state index in [9.17, 15) is 9.50 Å². The summed E-state index contributed by atoms with van der Waals surface area (Å²) in [5, 5.41) is 27.4. The van der Waals surface area contributed by atoms with Crippen molar-refractivity contribution in [1.82, 2.24) is 19.1 Å². The topological polar surface area (TPSA) is 133 Å². The molecule has 3 N–H and O–H groups in total. The van der Waals surface area contributed by atoms with Gasteiger partial charge in [-0.05, 0) is 24.3 Å². The Kier molecular flexibility index (Phi) is 12.4. The van der Waals surface area contributed by atoms with Gasteiger partial charge in [0.1, 0.15) is 24.4 Å². The molecule has 1 unspecified atom stereocenters. The molecule has 3 aromatic carbocycles. The maximum atomic E-state index is 15.6. The van der Waals surface area contributed by atoms with Gasteiger partial charge in [-0.2, -0.15) is 0 Å². The molecule has 274 valence electrons. The lowest BCUT2D eigenvalue weighted by molar-refractivity contribution is -0.298. The van der Waals surface area contributed by atoms with E-state index in [-0.39, 0.29) is 19.8 Å². The molecule has 3 fully saturated rings. The molecule has 0 bridgehead atoms. The van der Waals surface area contributed by atoms with Gasteiger partial charge in [-0.1, -0.05) is 76.7 Å². The van der Waals surface area contributed by atoms with Crippen LogP contribution in [-0.4, -0.2) is 105 Å². The minimum Gasteiger partial charge on any atom is -0.400 e. The molecule has 3 saturated heterocycles. The van der Waals surface area contributed by atoms with E-state index in [1.807, 2.05) is 30.3 Å². The largest absolute Gasteiger partial charge is 0.400 e. The maximum absolute atomic E-state index is 15.6. The molecular formula is C34H34Cl4F2N4O7. The summed E-state index contributed by atoms with van der Waals surface area (Å²) in [5.74, 6) is 0. The standard InChI is InChI=1S/C20H17Cl2FN2O3.C13H13Cl2FN2O3.CH4O/c21-12-6-14-15(7-13(12)22)25(10-24-14)16-8-26-17-9-27-20(28-19(17)18(16)23)11-4-2-1-3-5-11;14-6-1-8-9(2-7(6)15)18(5-17-8)10-4-21-11(3-19)13(20)12(10)16;1-2/h1-7,10,16-20H,8-9H2;1-2,5,10-13,19-20H,3-4H2;2H,1H3/t16-,17-,18+,19-,20?;10-,11-,12+,13-;/m11./s1. The third-order valence-corrected chi connectivity index (χ3v) is 10.4. The van der Waals surface area contributed by atoms with Crippen LogP contribution in [0, 0.1) is 0 Å². The van der Waals surface area contributed by atoms with Gasteiger partial charge < -0.3 is 43.4 Å². The average Bonchev–Trinajstić information content (AvgIpc) is 3.74. The number of ether oxygens (including phenoxy) is 4. The van der Waals surface area contributed by atoms with E-state index in [1.165, 1.54) is 6.33 Å². The first-order valence-corrected chi connectivity index (χ1v) is 17.4. The predicted octanol–water partition coefficient (Wildman–Crippen LogP) is 6.32. The van der Waals surface area contributed by atoms with Crippen LogP contribution in [0.4, 0.5) is 8.78 Å². The van der Waals surface area contributed by atoms with Crippen LogP contribution in [0.25, 0.3) is 22.1 Å². The van der Waals surface area contributed by atoms with E-state index < -0.39 is 61.7 Å². The van der Waals surface area contributed by atoms with Gasteiger partial charge >= 0.3 is 0 Å². The number of fused-ring (bicyclic) bond motifs is 3. The Hall–Kier alpha value is -2.66. The summed E-state index contributed by atoms with van der Waals surface area (Å²) in [4.78, 5) is 8.49. The van der Waals surface area contributed by atoms with Crippen molar-refractivity contribution in [2.45, 2.75) is 55.1 Å². The summed E-state index contributed by atoms with van der Waals surface area (Å²) in [5.41, 5.74) is 3.39. The predicted molar refractivity (Wildman–Crippen MR) is 188 cm³/mol. The summed E-state index contributed by atoms with van der Waals surface area (Å²) in [7, 11) is 1.00. The molecule has 0 amide bonds. The zero-order valence-electron chi connectivity index (χ0n) is 26.9. The Balaban J connectivity index is 0.000000174. The molecule has 8 rings (SSSR count). The van der Waals surface area contributed by atoms with Gasteiger partial charge in [-0.15, -0.1) is 0 Å². The van der Waals surface area contributed by atoms with Crippen LogP contribution in [0.1, 0.15) is 23.9 Å². The van der Waals surface area contributed by atoms with Gasteiger partial charge in [0, 0.05) is 12.7 Å². The minimum absolute atomic E-state index is 0.0230. The number of aliphatic hydroxyl groups is 3. The summed E-state index contributed by atoms with van der Waals surface area (Å²) in [6.45, 7) is 0.0653. The van der Waals surface area contributed by atoms with Gasteiger partial charge in [-0.25, -0.2) is 18.7 Å². The third-order valence-electron chi connectivity index (χ3n) is 8.98. The Morgan fingerprint density at radius 2 is 1.27 bits per heavy atom. The van der Waals surface area contributed by atoms with Crippen molar-refractivity contribution in [2.75, 3.05) is 33.5 Å². The number of rotatable bonds is 4. The van der Waals surface area contributed by atoms with Gasteiger partial charge in [0.2, 0.25) is 0 Å². The number of aromatic nitrogens is 4. The second-order valence-electron chi connectivity index (χ2n) is 11.9. The second kappa shape index (κ2) is 16.6. The van der Waals surface area contributed by atoms with Crippen molar-refractivity contribution in [3.8, 4) is 0 Å². The number of hydrogen-bond donors (Lipinski definition) is 3. The molecule has 0 aliphatic carbocycles. The highest BCUT2D eigenvalue weighted by molar-refractivity contribution is 6.43. The summed E-state index contributed by atoms with van der Waals surface area (Å²) < 4.78 is 56.2. The average molecular weight is 790 g/mol. The fraction of sp³-hybridized carbons (Fsp3) is 0.412. The van der Waals surface area contributed by atoms with Crippen molar-refractivity contribution in [2.24, 2.45) is 0 Å². The molecule has 51 heavy (non-hydrogen) atoms. The van der Waals surface area contributed by atoms with Crippen molar-refractivity contribution in [3.63, 3.8) is 0 Å². The summed E-state index contributed by atoms with van der Waals surface area (Å²) >= 11 is 24.1. The van der Waals surface area contributed by atoms with Crippen molar-refractivity contribution < 1.29 is 43.0 Å². The number of halogens is 6. The van der Waals surface area contributed by atoms with Gasteiger partial charge in [-0.3, -0.25) is 0 Å². The van der Waals surface area contributed by atoms with Gasteiger partial charge in [0.05, 0.1) is 93.3 Å². The molecule has 2 aromatic heterocycles. The van der Waals surface area contributed by atoms with Crippen LogP contribution >= 0.6 is 46.4 Å². The van der Waals surface area contributed by atoms with E-state index in [0.717, 1.165) is 12.7 Å². The highest BCUT2D eigenvalue weighted by atomic mass is 35.5. The maximum Gasteiger partial charge on any atom is 0.184 e. The van der Waals surface area contributed by atoms with Crippen LogP contribution in [-0.2, 0) is 18.9 Å². The number of hydrogen-bond acceptors (Lipinski definition) is 9. The lowest BCUT2D eigenvalue weighted by Gasteiger charge is -2.44. The van der Waals surface area contributed by atoms with Crippen molar-refractivity contribution >= 4 is 68.5 Å². The van der Waals surface area contributed by atoms with Crippen molar-refractivity contribution in [3.05, 3.63) is 92.9 Å². The highest BCUT2D eigenvalue weighted by Crippen LogP contribution is 2.39. The van der Waals surface area contributed by atoms with Crippen LogP contribution in [0.5, 0.6) is 0 Å². The fourth-order valence-corrected chi connectivity index (χ4v) is 6.97. The molecule has 9 atom stereocenters. The van der Waals surface area contributed by atoms with Gasteiger partial charge in [0.15, 0.2) is 18.6 Å². The molecule has 11 nitrogen and oxygen atoms in total. The summed E-state index contributed by atoms with van der Waals surface area (Å²) in [6, 6.07) is 14.7. The first-order chi connectivity index (χ1) is 24.6. The molecule has 0 saturated carbocycles.